The molecule has 0 aliphatic rings. The molecule has 0 bridgehead atoms. The van der Waals surface area contributed by atoms with Crippen LogP contribution >= 0.6 is 0 Å². The highest BCUT2D eigenvalue weighted by Gasteiger charge is 2.13. The number of aromatic nitrogens is 1. The summed E-state index contributed by atoms with van der Waals surface area (Å²) in [5.74, 6) is -1.43. The molecular weight excluding hydrogens is 220 g/mol. The van der Waals surface area contributed by atoms with E-state index >= 15 is 0 Å². The zero-order chi connectivity index (χ0) is 12.4. The lowest BCUT2D eigenvalue weighted by Crippen LogP contribution is -2.29. The number of rotatable bonds is 3. The lowest BCUT2D eigenvalue weighted by molar-refractivity contribution is -0.135. The van der Waals surface area contributed by atoms with Crippen molar-refractivity contribution in [3.05, 3.63) is 36.0 Å². The summed E-state index contributed by atoms with van der Waals surface area (Å²) in [4.78, 5) is 22.2. The van der Waals surface area contributed by atoms with E-state index < -0.39 is 5.97 Å². The van der Waals surface area contributed by atoms with Gasteiger partial charge in [0.15, 0.2) is 0 Å². The zero-order valence-electron chi connectivity index (χ0n) is 9.30. The number of benzene rings is 1. The second-order valence-corrected chi connectivity index (χ2v) is 3.75. The van der Waals surface area contributed by atoms with E-state index in [-0.39, 0.29) is 12.5 Å². The van der Waals surface area contributed by atoms with Gasteiger partial charge < -0.3 is 15.0 Å². The molecular formula is C12H12N2O3. The summed E-state index contributed by atoms with van der Waals surface area (Å²) in [6.07, 6.45) is 1.70. The molecule has 2 aromatic rings. The van der Waals surface area contributed by atoms with Crippen LogP contribution in [-0.4, -0.2) is 28.1 Å². The van der Waals surface area contributed by atoms with E-state index in [1.54, 1.807) is 6.20 Å². The molecule has 0 aliphatic heterocycles. The molecule has 1 aromatic carbocycles. The number of carbonyl (C=O) groups is 2. The Morgan fingerprint density at radius 1 is 1.35 bits per heavy atom. The Bertz CT molecular complexity index is 586. The van der Waals surface area contributed by atoms with E-state index in [2.05, 4.69) is 5.32 Å². The summed E-state index contributed by atoms with van der Waals surface area (Å²) in [5, 5.41) is 11.7. The Morgan fingerprint density at radius 2 is 2.06 bits per heavy atom. The first-order valence-corrected chi connectivity index (χ1v) is 5.13. The highest BCUT2D eigenvalue weighted by molar-refractivity contribution is 6.07. The first kappa shape index (κ1) is 11.2. The van der Waals surface area contributed by atoms with Gasteiger partial charge in [0.1, 0.15) is 6.54 Å². The number of carboxylic acids is 1. The molecule has 0 fully saturated rings. The van der Waals surface area contributed by atoms with Gasteiger partial charge in [0.05, 0.1) is 5.56 Å². The molecule has 1 aromatic heterocycles. The minimum absolute atomic E-state index is 0.371. The number of amides is 1. The fourth-order valence-corrected chi connectivity index (χ4v) is 1.77. The van der Waals surface area contributed by atoms with Crippen LogP contribution in [-0.2, 0) is 11.8 Å². The van der Waals surface area contributed by atoms with Gasteiger partial charge >= 0.3 is 5.97 Å². The van der Waals surface area contributed by atoms with E-state index in [0.717, 1.165) is 10.9 Å². The summed E-state index contributed by atoms with van der Waals surface area (Å²) < 4.78 is 1.84. The lowest BCUT2D eigenvalue weighted by atomic mass is 10.1. The topological polar surface area (TPSA) is 71.3 Å². The number of fused-ring (bicyclic) bond motifs is 1. The molecule has 0 saturated heterocycles. The smallest absolute Gasteiger partial charge is 0.322 e. The highest BCUT2D eigenvalue weighted by Crippen LogP contribution is 2.19. The first-order chi connectivity index (χ1) is 8.09. The third-order valence-corrected chi connectivity index (χ3v) is 2.54. The number of nitrogens with one attached hydrogen (secondary N) is 1. The summed E-state index contributed by atoms with van der Waals surface area (Å²) in [5.41, 5.74) is 1.43. The second kappa shape index (κ2) is 4.29. The van der Waals surface area contributed by atoms with Gasteiger partial charge in [-0.05, 0) is 6.07 Å². The molecule has 5 heteroatoms. The minimum Gasteiger partial charge on any atom is -0.480 e. The van der Waals surface area contributed by atoms with Crippen molar-refractivity contribution in [3.8, 4) is 0 Å². The van der Waals surface area contributed by atoms with Gasteiger partial charge in [0.25, 0.3) is 5.91 Å². The molecule has 88 valence electrons. The molecule has 0 aliphatic carbocycles. The fraction of sp³-hybridized carbons (Fsp3) is 0.167. The average Bonchev–Trinajstić information content (AvgIpc) is 2.65. The van der Waals surface area contributed by atoms with Crippen LogP contribution in [0.25, 0.3) is 10.9 Å². The van der Waals surface area contributed by atoms with E-state index in [0.29, 0.717) is 5.56 Å². The van der Waals surface area contributed by atoms with Crippen molar-refractivity contribution in [1.29, 1.82) is 0 Å². The van der Waals surface area contributed by atoms with Crippen molar-refractivity contribution in [2.75, 3.05) is 6.54 Å². The van der Waals surface area contributed by atoms with Crippen LogP contribution in [0.1, 0.15) is 10.4 Å². The number of hydrogen-bond acceptors (Lipinski definition) is 2. The van der Waals surface area contributed by atoms with Crippen molar-refractivity contribution in [3.63, 3.8) is 0 Å². The molecule has 17 heavy (non-hydrogen) atoms. The van der Waals surface area contributed by atoms with Crippen LogP contribution in [0.15, 0.2) is 30.5 Å². The third kappa shape index (κ3) is 2.13. The van der Waals surface area contributed by atoms with Gasteiger partial charge in [-0.1, -0.05) is 18.2 Å². The SMILES string of the molecule is Cn1cc(C(=O)NCC(=O)O)c2ccccc21. The van der Waals surface area contributed by atoms with Gasteiger partial charge in [-0.25, -0.2) is 0 Å². The van der Waals surface area contributed by atoms with Crippen LogP contribution in [0, 0.1) is 0 Å². The normalized spacial score (nSPS) is 10.4. The quantitative estimate of drug-likeness (QED) is 0.829. The van der Waals surface area contributed by atoms with E-state index in [1.807, 2.05) is 35.9 Å². The van der Waals surface area contributed by atoms with E-state index in [9.17, 15) is 9.59 Å². The van der Waals surface area contributed by atoms with Crippen molar-refractivity contribution >= 4 is 22.8 Å². The maximum Gasteiger partial charge on any atom is 0.322 e. The van der Waals surface area contributed by atoms with Crippen molar-refractivity contribution in [2.24, 2.45) is 7.05 Å². The van der Waals surface area contributed by atoms with Crippen molar-refractivity contribution < 1.29 is 14.7 Å². The van der Waals surface area contributed by atoms with Gasteiger partial charge in [-0.3, -0.25) is 9.59 Å². The Balaban J connectivity index is 2.35. The monoisotopic (exact) mass is 232 g/mol. The summed E-state index contributed by atoms with van der Waals surface area (Å²) in [7, 11) is 1.84. The maximum absolute atomic E-state index is 11.8. The fourth-order valence-electron chi connectivity index (χ4n) is 1.77. The predicted octanol–water partition coefficient (Wildman–Crippen LogP) is 0.993. The van der Waals surface area contributed by atoms with Gasteiger partial charge in [-0.15, -0.1) is 0 Å². The molecule has 0 unspecified atom stereocenters. The van der Waals surface area contributed by atoms with Crippen molar-refractivity contribution in [2.45, 2.75) is 0 Å². The number of aryl methyl sites for hydroxylation is 1. The largest absolute Gasteiger partial charge is 0.480 e. The molecule has 0 spiro atoms. The third-order valence-electron chi connectivity index (χ3n) is 2.54. The second-order valence-electron chi connectivity index (χ2n) is 3.75. The molecule has 5 nitrogen and oxygen atoms in total. The summed E-state index contributed by atoms with van der Waals surface area (Å²) in [6.45, 7) is -0.373. The predicted molar refractivity (Wildman–Crippen MR) is 62.9 cm³/mol. The molecule has 0 saturated carbocycles. The van der Waals surface area contributed by atoms with Crippen LogP contribution in [0.4, 0.5) is 0 Å². The van der Waals surface area contributed by atoms with Crippen LogP contribution in [0.3, 0.4) is 0 Å². The molecule has 1 heterocycles. The molecule has 0 radical (unpaired) electrons. The van der Waals surface area contributed by atoms with Crippen LogP contribution in [0.5, 0.6) is 0 Å². The van der Waals surface area contributed by atoms with E-state index in [4.69, 9.17) is 5.11 Å². The van der Waals surface area contributed by atoms with Crippen LogP contribution < -0.4 is 5.32 Å². The minimum atomic E-state index is -1.06. The van der Waals surface area contributed by atoms with Gasteiger partial charge in [0.2, 0.25) is 0 Å². The standard InChI is InChI=1S/C12H12N2O3/c1-14-7-9(12(17)13-6-11(15)16)8-4-2-3-5-10(8)14/h2-5,7H,6H2,1H3,(H,13,17)(H,15,16). The molecule has 2 rings (SSSR count). The van der Waals surface area contributed by atoms with Gasteiger partial charge in [-0.2, -0.15) is 0 Å². The highest BCUT2D eigenvalue weighted by atomic mass is 16.4. The Morgan fingerprint density at radius 3 is 2.76 bits per heavy atom. The molecule has 1 amide bonds. The Labute approximate surface area is 97.7 Å². The Kier molecular flexibility index (Phi) is 2.82. The van der Waals surface area contributed by atoms with Crippen molar-refractivity contribution in [1.82, 2.24) is 9.88 Å². The van der Waals surface area contributed by atoms with E-state index in [1.165, 1.54) is 0 Å². The summed E-state index contributed by atoms with van der Waals surface area (Å²) in [6, 6.07) is 7.48. The van der Waals surface area contributed by atoms with Crippen LogP contribution in [0.2, 0.25) is 0 Å². The Hall–Kier alpha value is -2.30. The first-order valence-electron chi connectivity index (χ1n) is 5.13. The lowest BCUT2D eigenvalue weighted by Gasteiger charge is -2.00. The number of carboxylic acid groups (broad SMARTS) is 1. The number of carbonyl (C=O) groups excluding carboxylic acids is 1. The summed E-state index contributed by atoms with van der Waals surface area (Å²) >= 11 is 0. The zero-order valence-corrected chi connectivity index (χ0v) is 9.30. The number of aliphatic carboxylic acids is 1. The maximum atomic E-state index is 11.8. The van der Waals surface area contributed by atoms with Gasteiger partial charge in [0, 0.05) is 24.1 Å². The molecule has 2 N–H and O–H groups in total. The molecule has 0 atom stereocenters. The number of nitrogens with zero attached hydrogens (tertiary/aromatic N) is 1. The number of para-hydroxylation sites is 1. The number of hydrogen-bond donors (Lipinski definition) is 2. The average molecular weight is 232 g/mol.